The number of hydrogen-bond acceptors (Lipinski definition) is 4. The highest BCUT2D eigenvalue weighted by molar-refractivity contribution is 6.03. The summed E-state index contributed by atoms with van der Waals surface area (Å²) in [6.07, 6.45) is 7.13. The zero-order valence-corrected chi connectivity index (χ0v) is 23.6. The third-order valence-electron chi connectivity index (χ3n) is 7.96. The van der Waals surface area contributed by atoms with Crippen LogP contribution in [0.15, 0.2) is 36.7 Å². The fourth-order valence-electron chi connectivity index (χ4n) is 6.07. The van der Waals surface area contributed by atoms with Gasteiger partial charge in [-0.05, 0) is 76.1 Å². The Morgan fingerprint density at radius 1 is 1.16 bits per heavy atom. The van der Waals surface area contributed by atoms with Gasteiger partial charge in [-0.2, -0.15) is 0 Å². The average Bonchev–Trinajstić information content (AvgIpc) is 3.21. The highest BCUT2D eigenvalue weighted by Crippen LogP contribution is 2.35. The lowest BCUT2D eigenvalue weighted by molar-refractivity contribution is -0.108. The molecule has 1 aliphatic rings. The molecule has 3 aromatic rings. The Hall–Kier alpha value is -3.06. The van der Waals surface area contributed by atoms with Gasteiger partial charge in [0.05, 0.1) is 17.3 Å². The molecule has 0 saturated carbocycles. The molecule has 1 aromatic carbocycles. The summed E-state index contributed by atoms with van der Waals surface area (Å²) in [6, 6.07) is 7.12. The quantitative estimate of drug-likeness (QED) is 0.300. The molecule has 38 heavy (non-hydrogen) atoms. The number of carbonyl (C=O) groups excluding carboxylic acids is 2. The molecule has 1 saturated heterocycles. The molecule has 0 radical (unpaired) electrons. The molecule has 1 amide bonds. The molecule has 0 N–H and O–H groups in total. The van der Waals surface area contributed by atoms with Crippen LogP contribution in [-0.2, 0) is 11.2 Å². The number of hydrogen-bond donors (Lipinski definition) is 0. The minimum atomic E-state index is -0.418. The summed E-state index contributed by atoms with van der Waals surface area (Å²) in [5.74, 6) is 0.437. The van der Waals surface area contributed by atoms with Gasteiger partial charge in [-0.3, -0.25) is 14.7 Å². The third kappa shape index (κ3) is 5.53. The Bertz CT molecular complexity index is 1290. The number of carbonyl (C=O) groups is 2. The molecular formula is C31H41FN4O2. The Kier molecular flexibility index (Phi) is 8.66. The number of benzene rings is 1. The largest absolute Gasteiger partial charge is 0.336 e. The summed E-state index contributed by atoms with van der Waals surface area (Å²) in [4.78, 5) is 33.2. The van der Waals surface area contributed by atoms with E-state index in [1.54, 1.807) is 11.0 Å². The first-order valence-corrected chi connectivity index (χ1v) is 13.9. The molecule has 0 unspecified atom stereocenters. The zero-order chi connectivity index (χ0) is 27.6. The van der Waals surface area contributed by atoms with Gasteiger partial charge in [-0.25, -0.2) is 4.39 Å². The second-order valence-electron chi connectivity index (χ2n) is 11.3. The first-order valence-electron chi connectivity index (χ1n) is 13.9. The van der Waals surface area contributed by atoms with Gasteiger partial charge < -0.3 is 14.1 Å². The van der Waals surface area contributed by atoms with E-state index in [9.17, 15) is 14.0 Å². The summed E-state index contributed by atoms with van der Waals surface area (Å²) in [5.41, 5.74) is 5.14. The van der Waals surface area contributed by atoms with Crippen molar-refractivity contribution in [3.63, 3.8) is 0 Å². The predicted octanol–water partition coefficient (Wildman–Crippen LogP) is 5.80. The number of aryl methyl sites for hydroxylation is 1. The van der Waals surface area contributed by atoms with E-state index < -0.39 is 5.82 Å². The highest BCUT2D eigenvalue weighted by atomic mass is 19.1. The maximum absolute atomic E-state index is 14.4. The van der Waals surface area contributed by atoms with Crippen molar-refractivity contribution in [1.82, 2.24) is 19.2 Å². The van der Waals surface area contributed by atoms with Crippen LogP contribution in [0.4, 0.5) is 4.39 Å². The van der Waals surface area contributed by atoms with Crippen LogP contribution >= 0.6 is 0 Å². The first kappa shape index (κ1) is 28.0. The van der Waals surface area contributed by atoms with Crippen molar-refractivity contribution < 1.29 is 14.0 Å². The van der Waals surface area contributed by atoms with Crippen LogP contribution in [0.1, 0.15) is 69.2 Å². The molecule has 0 spiro atoms. The minimum absolute atomic E-state index is 0.0108. The van der Waals surface area contributed by atoms with Gasteiger partial charge in [0.1, 0.15) is 12.1 Å². The van der Waals surface area contributed by atoms with Crippen molar-refractivity contribution in [1.29, 1.82) is 0 Å². The van der Waals surface area contributed by atoms with Crippen molar-refractivity contribution in [3.05, 3.63) is 59.4 Å². The molecule has 0 bridgehead atoms. The topological polar surface area (TPSA) is 57.9 Å². The SMILES string of the molecule is CCN(C(=O)c1cc(F)ccc1-c1cc(CC2CN([C@@H](CCC=O)C(C)C)C2)n2c(C)cncc12)C(C)C. The van der Waals surface area contributed by atoms with Crippen molar-refractivity contribution in [2.24, 2.45) is 11.8 Å². The van der Waals surface area contributed by atoms with E-state index >= 15 is 0 Å². The number of amides is 1. The Balaban J connectivity index is 1.68. The lowest BCUT2D eigenvalue weighted by atomic mass is 9.88. The number of nitrogens with zero attached hydrogens (tertiary/aromatic N) is 4. The monoisotopic (exact) mass is 520 g/mol. The van der Waals surface area contributed by atoms with Crippen LogP contribution in [0.3, 0.4) is 0 Å². The van der Waals surface area contributed by atoms with Crippen LogP contribution in [-0.4, -0.2) is 63.1 Å². The number of halogens is 1. The van der Waals surface area contributed by atoms with Crippen LogP contribution in [0.25, 0.3) is 16.6 Å². The van der Waals surface area contributed by atoms with E-state index in [-0.39, 0.29) is 11.9 Å². The van der Waals surface area contributed by atoms with E-state index in [0.29, 0.717) is 36.4 Å². The second-order valence-corrected chi connectivity index (χ2v) is 11.3. The third-order valence-corrected chi connectivity index (χ3v) is 7.96. The molecule has 1 atom stereocenters. The number of aldehydes is 1. The van der Waals surface area contributed by atoms with E-state index in [0.717, 1.165) is 54.6 Å². The Morgan fingerprint density at radius 2 is 1.89 bits per heavy atom. The van der Waals surface area contributed by atoms with Crippen LogP contribution in [0.5, 0.6) is 0 Å². The molecule has 0 aliphatic carbocycles. The maximum atomic E-state index is 14.4. The standard InChI is InChI=1S/C31H41FN4O2/c1-7-35(21(4)5)31(38)28-14-24(32)10-11-26(28)27-15-25(36-22(6)16-33-17-30(27)36)13-23-18-34(19-23)29(20(2)3)9-8-12-37/h10-12,14-17,20-21,23,29H,7-9,13,18-19H2,1-6H3/t29-/m0/s1. The van der Waals surface area contributed by atoms with Crippen molar-refractivity contribution in [2.45, 2.75) is 72.9 Å². The average molecular weight is 521 g/mol. The van der Waals surface area contributed by atoms with Gasteiger partial charge in [0.2, 0.25) is 0 Å². The molecular weight excluding hydrogens is 479 g/mol. The first-order chi connectivity index (χ1) is 18.2. The van der Waals surface area contributed by atoms with Gasteiger partial charge in [-0.15, -0.1) is 0 Å². The maximum Gasteiger partial charge on any atom is 0.254 e. The summed E-state index contributed by atoms with van der Waals surface area (Å²) >= 11 is 0. The van der Waals surface area contributed by atoms with Crippen LogP contribution in [0, 0.1) is 24.6 Å². The highest BCUT2D eigenvalue weighted by Gasteiger charge is 2.34. The normalized spacial score (nSPS) is 15.3. The van der Waals surface area contributed by atoms with E-state index in [2.05, 4.69) is 34.2 Å². The van der Waals surface area contributed by atoms with Crippen molar-refractivity contribution in [2.75, 3.05) is 19.6 Å². The number of rotatable bonds is 11. The second kappa shape index (κ2) is 11.8. The predicted molar refractivity (Wildman–Crippen MR) is 150 cm³/mol. The molecule has 1 aliphatic heterocycles. The molecule has 204 valence electrons. The van der Waals surface area contributed by atoms with E-state index in [1.165, 1.54) is 17.8 Å². The fourth-order valence-corrected chi connectivity index (χ4v) is 6.07. The molecule has 6 nitrogen and oxygen atoms in total. The van der Waals surface area contributed by atoms with Crippen LogP contribution < -0.4 is 0 Å². The van der Waals surface area contributed by atoms with Gasteiger partial charge in [0.25, 0.3) is 5.91 Å². The zero-order valence-electron chi connectivity index (χ0n) is 23.6. The van der Waals surface area contributed by atoms with Crippen LogP contribution in [0.2, 0.25) is 0 Å². The number of likely N-dealkylation sites (tertiary alicyclic amines) is 1. The van der Waals surface area contributed by atoms with Gasteiger partial charge in [0.15, 0.2) is 0 Å². The summed E-state index contributed by atoms with van der Waals surface area (Å²) in [7, 11) is 0. The summed E-state index contributed by atoms with van der Waals surface area (Å²) < 4.78 is 16.7. The fraction of sp³-hybridized carbons (Fsp3) is 0.516. The molecule has 2 aromatic heterocycles. The molecule has 1 fully saturated rings. The van der Waals surface area contributed by atoms with E-state index in [4.69, 9.17) is 0 Å². The number of aromatic nitrogens is 2. The lowest BCUT2D eigenvalue weighted by Gasteiger charge is -2.46. The van der Waals surface area contributed by atoms with Gasteiger partial charge in [0, 0.05) is 61.3 Å². The van der Waals surface area contributed by atoms with E-state index in [1.807, 2.05) is 40.1 Å². The smallest absolute Gasteiger partial charge is 0.254 e. The summed E-state index contributed by atoms with van der Waals surface area (Å²) in [5, 5.41) is 0. The summed E-state index contributed by atoms with van der Waals surface area (Å²) in [6.45, 7) is 15.0. The molecule has 3 heterocycles. The van der Waals surface area contributed by atoms with Gasteiger partial charge >= 0.3 is 0 Å². The molecule has 4 rings (SSSR count). The van der Waals surface area contributed by atoms with Crippen molar-refractivity contribution >= 4 is 17.7 Å². The van der Waals surface area contributed by atoms with Gasteiger partial charge in [-0.1, -0.05) is 19.9 Å². The van der Waals surface area contributed by atoms with Crippen molar-refractivity contribution in [3.8, 4) is 11.1 Å². The molecule has 7 heteroatoms. The number of fused-ring (bicyclic) bond motifs is 1. The minimum Gasteiger partial charge on any atom is -0.336 e. The Labute approximate surface area is 225 Å². The lowest BCUT2D eigenvalue weighted by Crippen LogP contribution is -2.54. The Morgan fingerprint density at radius 3 is 2.53 bits per heavy atom.